The second kappa shape index (κ2) is 7.61. The van der Waals surface area contributed by atoms with E-state index in [1.165, 1.54) is 38.6 Å². The Balaban J connectivity index is 1.90. The van der Waals surface area contributed by atoms with Crippen molar-refractivity contribution in [2.75, 3.05) is 26.2 Å². The minimum absolute atomic E-state index is 0.485. The molecule has 2 fully saturated rings. The molecule has 3 unspecified atom stereocenters. The van der Waals surface area contributed by atoms with E-state index in [4.69, 9.17) is 4.74 Å². The van der Waals surface area contributed by atoms with Crippen molar-refractivity contribution in [2.45, 2.75) is 71.1 Å². The number of hydrogen-bond donors (Lipinski definition) is 1. The van der Waals surface area contributed by atoms with Crippen LogP contribution >= 0.6 is 0 Å². The van der Waals surface area contributed by atoms with Gasteiger partial charge in [-0.2, -0.15) is 0 Å². The number of nitrogens with one attached hydrogen (secondary N) is 1. The van der Waals surface area contributed by atoms with E-state index in [1.54, 1.807) is 0 Å². The topological polar surface area (TPSA) is 24.5 Å². The molecule has 0 aliphatic carbocycles. The lowest BCUT2D eigenvalue weighted by atomic mass is 9.96. The molecule has 0 radical (unpaired) electrons. The summed E-state index contributed by atoms with van der Waals surface area (Å²) in [4.78, 5) is 2.71. The normalized spacial score (nSPS) is 33.8. The van der Waals surface area contributed by atoms with E-state index >= 15 is 0 Å². The molecule has 112 valence electrons. The zero-order chi connectivity index (χ0) is 13.7. The van der Waals surface area contributed by atoms with Gasteiger partial charge in [0.1, 0.15) is 0 Å². The maximum absolute atomic E-state index is 5.94. The summed E-state index contributed by atoms with van der Waals surface area (Å²) in [5.74, 6) is 0.720. The minimum Gasteiger partial charge on any atom is -0.377 e. The van der Waals surface area contributed by atoms with E-state index in [0.29, 0.717) is 18.2 Å². The van der Waals surface area contributed by atoms with Crippen LogP contribution in [0.4, 0.5) is 0 Å². The molecule has 2 saturated heterocycles. The molecular weight excluding hydrogens is 236 g/mol. The largest absolute Gasteiger partial charge is 0.377 e. The number of rotatable bonds is 5. The van der Waals surface area contributed by atoms with Gasteiger partial charge in [-0.25, -0.2) is 0 Å². The molecule has 0 amide bonds. The summed E-state index contributed by atoms with van der Waals surface area (Å²) in [7, 11) is 0. The van der Waals surface area contributed by atoms with Gasteiger partial charge in [-0.1, -0.05) is 27.2 Å². The Hall–Kier alpha value is -0.120. The van der Waals surface area contributed by atoms with Crippen LogP contribution in [0.25, 0.3) is 0 Å². The second-order valence-corrected chi connectivity index (χ2v) is 6.64. The third-order valence-electron chi connectivity index (χ3n) is 4.70. The first kappa shape index (κ1) is 15.3. The van der Waals surface area contributed by atoms with Crippen LogP contribution in [0.3, 0.4) is 0 Å². The molecule has 0 aromatic rings. The summed E-state index contributed by atoms with van der Waals surface area (Å²) >= 11 is 0. The molecular formula is C16H32N2O. The zero-order valence-corrected chi connectivity index (χ0v) is 13.0. The summed E-state index contributed by atoms with van der Waals surface area (Å²) in [5, 5.41) is 3.74. The highest BCUT2D eigenvalue weighted by atomic mass is 16.5. The van der Waals surface area contributed by atoms with Crippen LogP contribution in [-0.2, 0) is 4.74 Å². The van der Waals surface area contributed by atoms with Crippen LogP contribution in [0.2, 0.25) is 0 Å². The van der Waals surface area contributed by atoms with E-state index in [9.17, 15) is 0 Å². The Bertz CT molecular complexity index is 251. The van der Waals surface area contributed by atoms with Gasteiger partial charge in [0.05, 0.1) is 6.10 Å². The number of nitrogens with zero attached hydrogens (tertiary/aromatic N) is 1. The Morgan fingerprint density at radius 2 is 2.16 bits per heavy atom. The molecule has 0 aromatic carbocycles. The molecule has 0 aromatic heterocycles. The van der Waals surface area contributed by atoms with Crippen LogP contribution in [0.5, 0.6) is 0 Å². The number of ether oxygens (including phenoxy) is 1. The monoisotopic (exact) mass is 268 g/mol. The minimum atomic E-state index is 0.485. The lowest BCUT2D eigenvalue weighted by Crippen LogP contribution is -2.59. The van der Waals surface area contributed by atoms with Gasteiger partial charge >= 0.3 is 0 Å². The smallest absolute Gasteiger partial charge is 0.0702 e. The maximum atomic E-state index is 5.94. The van der Waals surface area contributed by atoms with Crippen LogP contribution in [-0.4, -0.2) is 49.3 Å². The van der Waals surface area contributed by atoms with E-state index in [-0.39, 0.29) is 0 Å². The van der Waals surface area contributed by atoms with Gasteiger partial charge in [0.25, 0.3) is 0 Å². The highest BCUT2D eigenvalue weighted by Gasteiger charge is 2.30. The van der Waals surface area contributed by atoms with Gasteiger partial charge in [-0.3, -0.25) is 4.90 Å². The van der Waals surface area contributed by atoms with Crippen molar-refractivity contribution in [2.24, 2.45) is 5.92 Å². The Kier molecular flexibility index (Phi) is 6.11. The van der Waals surface area contributed by atoms with E-state index in [1.807, 2.05) is 0 Å². The first-order chi connectivity index (χ1) is 9.20. The first-order valence-corrected chi connectivity index (χ1v) is 8.29. The van der Waals surface area contributed by atoms with Gasteiger partial charge in [0.15, 0.2) is 0 Å². The maximum Gasteiger partial charge on any atom is 0.0702 e. The fraction of sp³-hybridized carbons (Fsp3) is 1.00. The van der Waals surface area contributed by atoms with Crippen molar-refractivity contribution in [3.8, 4) is 0 Å². The third kappa shape index (κ3) is 4.44. The molecule has 3 heteroatoms. The highest BCUT2D eigenvalue weighted by molar-refractivity contribution is 4.88. The van der Waals surface area contributed by atoms with Gasteiger partial charge in [0, 0.05) is 38.3 Å². The van der Waals surface area contributed by atoms with Crippen molar-refractivity contribution < 1.29 is 4.74 Å². The second-order valence-electron chi connectivity index (χ2n) is 6.64. The third-order valence-corrected chi connectivity index (χ3v) is 4.70. The lowest BCUT2D eigenvalue weighted by molar-refractivity contribution is -0.0242. The summed E-state index contributed by atoms with van der Waals surface area (Å²) in [6.07, 6.45) is 6.94. The molecule has 0 bridgehead atoms. The van der Waals surface area contributed by atoms with E-state index < -0.39 is 0 Å². The molecule has 1 N–H and O–H groups in total. The molecule has 2 heterocycles. The SMILES string of the molecule is CCCC1CNC(C(C)C)CN1CC1CCCCO1. The average Bonchev–Trinajstić information content (AvgIpc) is 2.42. The lowest BCUT2D eigenvalue weighted by Gasteiger charge is -2.43. The molecule has 2 aliphatic heterocycles. The van der Waals surface area contributed by atoms with Crippen molar-refractivity contribution >= 4 is 0 Å². The van der Waals surface area contributed by atoms with Crippen LogP contribution in [0, 0.1) is 5.92 Å². The van der Waals surface area contributed by atoms with Crippen molar-refractivity contribution in [3.63, 3.8) is 0 Å². The molecule has 3 nitrogen and oxygen atoms in total. The van der Waals surface area contributed by atoms with Crippen molar-refractivity contribution in [1.29, 1.82) is 0 Å². The van der Waals surface area contributed by atoms with Gasteiger partial charge in [-0.05, 0) is 31.6 Å². The molecule has 3 atom stereocenters. The summed E-state index contributed by atoms with van der Waals surface area (Å²) in [5.41, 5.74) is 0. The van der Waals surface area contributed by atoms with E-state index in [0.717, 1.165) is 25.6 Å². The first-order valence-electron chi connectivity index (χ1n) is 8.29. The standard InChI is InChI=1S/C16H32N2O/c1-4-7-14-10-17-16(13(2)3)12-18(14)11-15-8-5-6-9-19-15/h13-17H,4-12H2,1-3H3. The van der Waals surface area contributed by atoms with Gasteiger partial charge in [-0.15, -0.1) is 0 Å². The molecule has 2 rings (SSSR count). The Labute approximate surface area is 119 Å². The molecule has 19 heavy (non-hydrogen) atoms. The van der Waals surface area contributed by atoms with Crippen molar-refractivity contribution in [1.82, 2.24) is 10.2 Å². The van der Waals surface area contributed by atoms with Gasteiger partial charge in [0.2, 0.25) is 0 Å². The fourth-order valence-corrected chi connectivity index (χ4v) is 3.38. The summed E-state index contributed by atoms with van der Waals surface area (Å²) in [6.45, 7) is 11.4. The summed E-state index contributed by atoms with van der Waals surface area (Å²) in [6, 6.07) is 1.36. The molecule has 0 spiro atoms. The predicted molar refractivity (Wildman–Crippen MR) is 80.5 cm³/mol. The van der Waals surface area contributed by atoms with E-state index in [2.05, 4.69) is 31.0 Å². The average molecular weight is 268 g/mol. The number of piperazine rings is 1. The quantitative estimate of drug-likeness (QED) is 0.829. The molecule has 0 saturated carbocycles. The van der Waals surface area contributed by atoms with Crippen LogP contribution < -0.4 is 5.32 Å². The van der Waals surface area contributed by atoms with Gasteiger partial charge < -0.3 is 10.1 Å². The highest BCUT2D eigenvalue weighted by Crippen LogP contribution is 2.20. The summed E-state index contributed by atoms with van der Waals surface area (Å²) < 4.78 is 5.94. The Morgan fingerprint density at radius 1 is 1.32 bits per heavy atom. The van der Waals surface area contributed by atoms with Crippen LogP contribution in [0.1, 0.15) is 52.9 Å². The van der Waals surface area contributed by atoms with Crippen LogP contribution in [0.15, 0.2) is 0 Å². The number of hydrogen-bond acceptors (Lipinski definition) is 3. The predicted octanol–water partition coefficient (Wildman–Crippen LogP) is 2.65. The molecule has 2 aliphatic rings. The zero-order valence-electron chi connectivity index (χ0n) is 13.0. The van der Waals surface area contributed by atoms with Crippen molar-refractivity contribution in [3.05, 3.63) is 0 Å². The Morgan fingerprint density at radius 3 is 2.79 bits per heavy atom. The fourth-order valence-electron chi connectivity index (χ4n) is 3.38.